The van der Waals surface area contributed by atoms with Gasteiger partial charge in [-0.25, -0.2) is 4.39 Å². The Morgan fingerprint density at radius 1 is 1.50 bits per heavy atom. The Hall–Kier alpha value is -0.400. The molecule has 2 atom stereocenters. The number of nitrogens with two attached hydrogens (primary N) is 1. The molecule has 20 heavy (non-hydrogen) atoms. The number of hydrogen-bond acceptors (Lipinski definition) is 2. The minimum atomic E-state index is -0.346. The Morgan fingerprint density at radius 3 is 2.80 bits per heavy atom. The first-order chi connectivity index (χ1) is 9.00. The predicted octanol–water partition coefficient (Wildman–Crippen LogP) is 3.19. The molecule has 1 saturated heterocycles. The summed E-state index contributed by atoms with van der Waals surface area (Å²) < 4.78 is 14.1. The van der Waals surface area contributed by atoms with E-state index >= 15 is 0 Å². The number of carbonyl (C=O) groups excluding carboxylic acids is 1. The van der Waals surface area contributed by atoms with E-state index in [0.717, 1.165) is 19.3 Å². The number of carbonyl (C=O) groups is 1. The van der Waals surface area contributed by atoms with E-state index in [4.69, 9.17) is 5.73 Å². The lowest BCUT2D eigenvalue weighted by molar-refractivity contribution is 0.0583. The second kappa shape index (κ2) is 7.56. The Balaban J connectivity index is 0.00000200. The van der Waals surface area contributed by atoms with E-state index in [1.165, 1.54) is 6.07 Å². The van der Waals surface area contributed by atoms with Gasteiger partial charge in [-0.1, -0.05) is 0 Å². The molecule has 1 fully saturated rings. The van der Waals surface area contributed by atoms with Crippen LogP contribution in [-0.2, 0) is 0 Å². The van der Waals surface area contributed by atoms with Crippen LogP contribution in [0.15, 0.2) is 18.2 Å². The third-order valence-electron chi connectivity index (χ3n) is 3.58. The van der Waals surface area contributed by atoms with E-state index < -0.39 is 0 Å². The van der Waals surface area contributed by atoms with Crippen molar-refractivity contribution in [3.8, 4) is 0 Å². The van der Waals surface area contributed by atoms with Gasteiger partial charge in [0.2, 0.25) is 0 Å². The van der Waals surface area contributed by atoms with Crippen LogP contribution in [0.4, 0.5) is 4.39 Å². The standard InChI is InChI=1S/C14H18FIN2O.ClH/c1-9(17)13-4-2-3-7-18(13)14(19)10-5-6-12(16)11(15)8-10;/h5-6,8-9,13H,2-4,7,17H2,1H3;1H. The number of amides is 1. The van der Waals surface area contributed by atoms with Crippen molar-refractivity contribution in [2.24, 2.45) is 5.73 Å². The van der Waals surface area contributed by atoms with E-state index in [9.17, 15) is 9.18 Å². The third kappa shape index (κ3) is 3.83. The highest BCUT2D eigenvalue weighted by atomic mass is 127. The largest absolute Gasteiger partial charge is 0.334 e. The summed E-state index contributed by atoms with van der Waals surface area (Å²) >= 11 is 1.91. The SMILES string of the molecule is CC(N)C1CCCCN1C(=O)c1ccc(I)c(F)c1.Cl. The topological polar surface area (TPSA) is 46.3 Å². The summed E-state index contributed by atoms with van der Waals surface area (Å²) in [5.41, 5.74) is 6.37. The van der Waals surface area contributed by atoms with Crippen molar-refractivity contribution in [1.29, 1.82) is 0 Å². The van der Waals surface area contributed by atoms with Gasteiger partial charge in [0.15, 0.2) is 0 Å². The first kappa shape index (κ1) is 17.7. The number of hydrogen-bond donors (Lipinski definition) is 1. The lowest BCUT2D eigenvalue weighted by Crippen LogP contribution is -2.51. The van der Waals surface area contributed by atoms with Gasteiger partial charge in [-0.2, -0.15) is 0 Å². The van der Waals surface area contributed by atoms with Crippen molar-refractivity contribution in [3.05, 3.63) is 33.1 Å². The third-order valence-corrected chi connectivity index (χ3v) is 4.46. The summed E-state index contributed by atoms with van der Waals surface area (Å²) in [4.78, 5) is 14.3. The lowest BCUT2D eigenvalue weighted by atomic mass is 9.96. The average molecular weight is 413 g/mol. The minimum Gasteiger partial charge on any atom is -0.334 e. The number of benzene rings is 1. The highest BCUT2D eigenvalue weighted by molar-refractivity contribution is 14.1. The molecular formula is C14H19ClFIN2O. The summed E-state index contributed by atoms with van der Waals surface area (Å²) in [5, 5.41) is 0. The average Bonchev–Trinajstić information content (AvgIpc) is 2.41. The molecule has 3 nitrogen and oxygen atoms in total. The molecular weight excluding hydrogens is 394 g/mol. The van der Waals surface area contributed by atoms with E-state index in [-0.39, 0.29) is 36.2 Å². The molecule has 1 aliphatic rings. The van der Waals surface area contributed by atoms with Crippen LogP contribution in [0.5, 0.6) is 0 Å². The van der Waals surface area contributed by atoms with E-state index in [0.29, 0.717) is 15.7 Å². The molecule has 6 heteroatoms. The van der Waals surface area contributed by atoms with Crippen LogP contribution in [0.3, 0.4) is 0 Å². The van der Waals surface area contributed by atoms with Crippen LogP contribution in [0, 0.1) is 9.39 Å². The summed E-state index contributed by atoms with van der Waals surface area (Å²) in [6, 6.07) is 4.63. The van der Waals surface area contributed by atoms with Crippen molar-refractivity contribution in [2.45, 2.75) is 38.3 Å². The van der Waals surface area contributed by atoms with Crippen molar-refractivity contribution in [3.63, 3.8) is 0 Å². The van der Waals surface area contributed by atoms with Crippen LogP contribution in [0.2, 0.25) is 0 Å². The van der Waals surface area contributed by atoms with Crippen molar-refractivity contribution >= 4 is 40.9 Å². The first-order valence-electron chi connectivity index (χ1n) is 6.52. The molecule has 2 rings (SSSR count). The van der Waals surface area contributed by atoms with Gasteiger partial charge in [-0.3, -0.25) is 4.79 Å². The Kier molecular flexibility index (Phi) is 6.68. The smallest absolute Gasteiger partial charge is 0.254 e. The molecule has 1 aliphatic heterocycles. The zero-order chi connectivity index (χ0) is 14.0. The van der Waals surface area contributed by atoms with Gasteiger partial charge in [0, 0.05) is 27.8 Å². The molecule has 2 unspecified atom stereocenters. The normalized spacial score (nSPS) is 20.2. The maximum atomic E-state index is 13.6. The molecule has 112 valence electrons. The zero-order valence-electron chi connectivity index (χ0n) is 11.3. The van der Waals surface area contributed by atoms with Gasteiger partial charge < -0.3 is 10.6 Å². The quantitative estimate of drug-likeness (QED) is 0.758. The van der Waals surface area contributed by atoms with Gasteiger partial charge in [0.1, 0.15) is 5.82 Å². The van der Waals surface area contributed by atoms with Crippen molar-refractivity contribution < 1.29 is 9.18 Å². The number of piperidine rings is 1. The maximum absolute atomic E-state index is 13.6. The van der Waals surface area contributed by atoms with E-state index in [2.05, 4.69) is 0 Å². The number of halogens is 3. The molecule has 0 saturated carbocycles. The molecule has 0 aromatic heterocycles. The monoisotopic (exact) mass is 412 g/mol. The summed E-state index contributed by atoms with van der Waals surface area (Å²) in [6.45, 7) is 2.63. The van der Waals surface area contributed by atoms with E-state index in [1.54, 1.807) is 17.0 Å². The van der Waals surface area contributed by atoms with Crippen molar-refractivity contribution in [1.82, 2.24) is 4.90 Å². The Labute approximate surface area is 138 Å². The molecule has 2 N–H and O–H groups in total. The van der Waals surface area contributed by atoms with E-state index in [1.807, 2.05) is 29.5 Å². The van der Waals surface area contributed by atoms with Crippen LogP contribution >= 0.6 is 35.0 Å². The molecule has 0 spiro atoms. The fourth-order valence-electron chi connectivity index (χ4n) is 2.55. The Bertz CT molecular complexity index is 484. The fourth-order valence-corrected chi connectivity index (χ4v) is 2.89. The molecule has 1 aromatic rings. The lowest BCUT2D eigenvalue weighted by Gasteiger charge is -2.38. The molecule has 0 bridgehead atoms. The van der Waals surface area contributed by atoms with Crippen LogP contribution in [0.25, 0.3) is 0 Å². The van der Waals surface area contributed by atoms with Gasteiger partial charge in [-0.15, -0.1) is 12.4 Å². The first-order valence-corrected chi connectivity index (χ1v) is 7.60. The molecule has 1 heterocycles. The van der Waals surface area contributed by atoms with Gasteiger partial charge >= 0.3 is 0 Å². The molecule has 0 aliphatic carbocycles. The number of nitrogens with zero attached hydrogens (tertiary/aromatic N) is 1. The molecule has 1 amide bonds. The summed E-state index contributed by atoms with van der Waals surface area (Å²) in [7, 11) is 0. The second-order valence-corrected chi connectivity index (χ2v) is 6.21. The van der Waals surface area contributed by atoms with Gasteiger partial charge in [0.05, 0.1) is 0 Å². The van der Waals surface area contributed by atoms with Crippen LogP contribution in [0.1, 0.15) is 36.5 Å². The van der Waals surface area contributed by atoms with Crippen LogP contribution in [-0.4, -0.2) is 29.4 Å². The summed E-state index contributed by atoms with van der Waals surface area (Å²) in [5.74, 6) is -0.460. The van der Waals surface area contributed by atoms with Gasteiger partial charge in [-0.05, 0) is 67.0 Å². The fraction of sp³-hybridized carbons (Fsp3) is 0.500. The maximum Gasteiger partial charge on any atom is 0.254 e. The van der Waals surface area contributed by atoms with Crippen molar-refractivity contribution in [2.75, 3.05) is 6.54 Å². The highest BCUT2D eigenvalue weighted by Crippen LogP contribution is 2.22. The summed E-state index contributed by atoms with van der Waals surface area (Å²) in [6.07, 6.45) is 3.01. The zero-order valence-corrected chi connectivity index (χ0v) is 14.3. The van der Waals surface area contributed by atoms with Gasteiger partial charge in [0.25, 0.3) is 5.91 Å². The highest BCUT2D eigenvalue weighted by Gasteiger charge is 2.29. The Morgan fingerprint density at radius 2 is 2.20 bits per heavy atom. The minimum absolute atomic E-state index is 0. The molecule has 1 aromatic carbocycles. The van der Waals surface area contributed by atoms with Crippen LogP contribution < -0.4 is 5.73 Å². The molecule has 0 radical (unpaired) electrons. The number of likely N-dealkylation sites (tertiary alicyclic amines) is 1. The number of rotatable bonds is 2. The second-order valence-electron chi connectivity index (χ2n) is 5.05. The predicted molar refractivity (Wildman–Crippen MR) is 88.7 cm³/mol.